The van der Waals surface area contributed by atoms with Gasteiger partial charge in [0.05, 0.1) is 12.7 Å². The predicted octanol–water partition coefficient (Wildman–Crippen LogP) is -3.95. The van der Waals surface area contributed by atoms with E-state index in [1.165, 1.54) is 0 Å². The first-order valence-electron chi connectivity index (χ1n) is 7.94. The normalized spacial score (nSPS) is 36.8. The van der Waals surface area contributed by atoms with Crippen LogP contribution in [-0.4, -0.2) is 110 Å². The van der Waals surface area contributed by atoms with Crippen molar-refractivity contribution < 1.29 is 50.0 Å². The van der Waals surface area contributed by atoms with Gasteiger partial charge in [0.15, 0.2) is 12.2 Å². The first-order chi connectivity index (χ1) is 11.8. The minimum Gasteiger partial charge on any atom is -0.450 e. The van der Waals surface area contributed by atoms with Crippen molar-refractivity contribution in [2.24, 2.45) is 4.99 Å². The molecule has 2 aliphatic heterocycles. The summed E-state index contributed by atoms with van der Waals surface area (Å²) in [5.41, 5.74) is 0. The molecule has 146 valence electrons. The Bertz CT molecular complexity index is 463. The number of hydrogen-bond donors (Lipinski definition) is 7. The van der Waals surface area contributed by atoms with Gasteiger partial charge in [-0.1, -0.05) is 0 Å². The monoisotopic (exact) mass is 367 g/mol. The van der Waals surface area contributed by atoms with Crippen molar-refractivity contribution >= 4 is 5.90 Å². The van der Waals surface area contributed by atoms with Gasteiger partial charge in [0.25, 0.3) is 0 Å². The third-order valence-corrected chi connectivity index (χ3v) is 4.20. The molecule has 1 fully saturated rings. The number of nitrogens with zero attached hydrogens (tertiary/aromatic N) is 1. The summed E-state index contributed by atoms with van der Waals surface area (Å²) in [6.45, 7) is 0.575. The Morgan fingerprint density at radius 3 is 2.44 bits per heavy atom. The van der Waals surface area contributed by atoms with Gasteiger partial charge in [0, 0.05) is 13.5 Å². The van der Waals surface area contributed by atoms with Crippen LogP contribution in [0.3, 0.4) is 0 Å². The van der Waals surface area contributed by atoms with Crippen LogP contribution in [0.25, 0.3) is 0 Å². The van der Waals surface area contributed by atoms with Crippen molar-refractivity contribution in [1.29, 1.82) is 0 Å². The number of aliphatic imine (C=N–C) groups is 1. The smallest absolute Gasteiger partial charge is 0.227 e. The van der Waals surface area contributed by atoms with Gasteiger partial charge >= 0.3 is 0 Å². The summed E-state index contributed by atoms with van der Waals surface area (Å²) in [6.07, 6.45) is -12.0. The van der Waals surface area contributed by atoms with E-state index in [2.05, 4.69) is 4.99 Å². The summed E-state index contributed by atoms with van der Waals surface area (Å²) in [6, 6.07) is -0.831. The van der Waals surface area contributed by atoms with Crippen molar-refractivity contribution in [1.82, 2.24) is 0 Å². The van der Waals surface area contributed by atoms with Gasteiger partial charge in [-0.05, 0) is 6.42 Å². The molecule has 7 N–H and O–H groups in total. The van der Waals surface area contributed by atoms with Gasteiger partial charge in [-0.25, -0.2) is 4.99 Å². The summed E-state index contributed by atoms with van der Waals surface area (Å²) in [7, 11) is 0. The Balaban J connectivity index is 2.03. The van der Waals surface area contributed by atoms with Crippen LogP contribution >= 0.6 is 0 Å². The molecule has 0 aromatic heterocycles. The maximum atomic E-state index is 10.4. The molecule has 2 heterocycles. The van der Waals surface area contributed by atoms with E-state index >= 15 is 0 Å². The van der Waals surface area contributed by atoms with Crippen molar-refractivity contribution in [3.8, 4) is 0 Å². The van der Waals surface area contributed by atoms with Gasteiger partial charge in [-0.3, -0.25) is 0 Å². The summed E-state index contributed by atoms with van der Waals surface area (Å²) in [4.78, 5) is 4.05. The second-order valence-corrected chi connectivity index (χ2v) is 6.02. The number of aliphatic hydroxyl groups excluding tert-OH is 7. The fourth-order valence-corrected chi connectivity index (χ4v) is 2.80. The molecule has 0 aromatic carbocycles. The number of hydrogen-bond acceptors (Lipinski definition) is 11. The first-order valence-corrected chi connectivity index (χ1v) is 7.94. The van der Waals surface area contributed by atoms with E-state index in [1.54, 1.807) is 6.92 Å². The molecule has 0 amide bonds. The largest absolute Gasteiger partial charge is 0.450 e. The molecule has 0 aromatic rings. The Morgan fingerprint density at radius 2 is 1.84 bits per heavy atom. The van der Waals surface area contributed by atoms with Gasteiger partial charge < -0.3 is 50.0 Å². The number of ether oxygens (including phenoxy) is 3. The van der Waals surface area contributed by atoms with Crippen LogP contribution in [0.2, 0.25) is 0 Å². The van der Waals surface area contributed by atoms with Crippen molar-refractivity contribution in [2.45, 2.75) is 68.6 Å². The zero-order valence-electron chi connectivity index (χ0n) is 13.6. The zero-order valence-corrected chi connectivity index (χ0v) is 13.6. The van der Waals surface area contributed by atoms with Crippen LogP contribution < -0.4 is 0 Å². The van der Waals surface area contributed by atoms with Crippen molar-refractivity contribution in [3.63, 3.8) is 0 Å². The molecule has 3 unspecified atom stereocenters. The standard InChI is InChI=1S/C14H25NO10/c1-5-15-8-10(20)12(7(4-17)24-14(8)23-5)25-13(22)11(21)9(19)6(18)2-3-16/h6-14,16-22H,2-4H2,1H3/t6-,7?,8?,9+,10-,11?,12-,13+,14+/m1/s1. The van der Waals surface area contributed by atoms with Crippen LogP contribution in [0.4, 0.5) is 0 Å². The van der Waals surface area contributed by atoms with E-state index in [9.17, 15) is 30.6 Å². The van der Waals surface area contributed by atoms with Crippen LogP contribution in [0.15, 0.2) is 4.99 Å². The molecule has 11 heteroatoms. The lowest BCUT2D eigenvalue weighted by atomic mass is 9.97. The highest BCUT2D eigenvalue weighted by molar-refractivity contribution is 5.75. The maximum absolute atomic E-state index is 10.4. The lowest BCUT2D eigenvalue weighted by molar-refractivity contribution is -0.295. The molecule has 11 nitrogen and oxygen atoms in total. The molecule has 2 aliphatic rings. The van der Waals surface area contributed by atoms with E-state index in [1.807, 2.05) is 0 Å². The molecular formula is C14H25NO10. The second kappa shape index (κ2) is 8.66. The number of rotatable bonds is 8. The maximum Gasteiger partial charge on any atom is 0.227 e. The third-order valence-electron chi connectivity index (χ3n) is 4.20. The Kier molecular flexibility index (Phi) is 7.08. The predicted molar refractivity (Wildman–Crippen MR) is 80.3 cm³/mol. The van der Waals surface area contributed by atoms with Crippen LogP contribution in [0.5, 0.6) is 0 Å². The molecule has 0 bridgehead atoms. The topological polar surface area (TPSA) is 182 Å². The van der Waals surface area contributed by atoms with Crippen LogP contribution in [0.1, 0.15) is 13.3 Å². The highest BCUT2D eigenvalue weighted by Crippen LogP contribution is 2.31. The highest BCUT2D eigenvalue weighted by Gasteiger charge is 2.50. The molecule has 25 heavy (non-hydrogen) atoms. The minimum absolute atomic E-state index is 0.214. The zero-order chi connectivity index (χ0) is 18.7. The number of aliphatic hydroxyl groups is 7. The van der Waals surface area contributed by atoms with Crippen molar-refractivity contribution in [2.75, 3.05) is 13.2 Å². The van der Waals surface area contributed by atoms with Gasteiger partial charge in [-0.15, -0.1) is 0 Å². The Morgan fingerprint density at radius 1 is 1.16 bits per heavy atom. The Labute approximate surface area is 143 Å². The van der Waals surface area contributed by atoms with E-state index in [0.29, 0.717) is 0 Å². The Hall–Kier alpha value is -0.890. The minimum atomic E-state index is -2.00. The van der Waals surface area contributed by atoms with Crippen LogP contribution in [0, 0.1) is 0 Å². The molecule has 0 saturated carbocycles. The lowest BCUT2D eigenvalue weighted by Gasteiger charge is -2.41. The molecule has 1 saturated heterocycles. The van der Waals surface area contributed by atoms with E-state index < -0.39 is 68.5 Å². The molecule has 0 radical (unpaired) electrons. The van der Waals surface area contributed by atoms with E-state index in [4.69, 9.17) is 19.3 Å². The highest BCUT2D eigenvalue weighted by atomic mass is 16.7. The average Bonchev–Trinajstić information content (AvgIpc) is 2.96. The number of fused-ring (bicyclic) bond motifs is 1. The lowest BCUT2D eigenvalue weighted by Crippen LogP contribution is -2.60. The second-order valence-electron chi connectivity index (χ2n) is 6.02. The van der Waals surface area contributed by atoms with Crippen molar-refractivity contribution in [3.05, 3.63) is 0 Å². The molecule has 0 spiro atoms. The summed E-state index contributed by atoms with van der Waals surface area (Å²) < 4.78 is 15.9. The summed E-state index contributed by atoms with van der Waals surface area (Å²) in [5.74, 6) is 0.287. The SMILES string of the molecule is CC1=NC2[C@@H](O1)OC(CO)[C@@H](O[C@H](O)C(O)[C@@H](O)[C@H](O)CCO)[C@@H]2O. The fraction of sp³-hybridized carbons (Fsp3) is 0.929. The molecular weight excluding hydrogens is 342 g/mol. The first kappa shape index (κ1) is 20.4. The fourth-order valence-electron chi connectivity index (χ4n) is 2.80. The molecule has 9 atom stereocenters. The van der Waals surface area contributed by atoms with E-state index in [0.717, 1.165) is 0 Å². The van der Waals surface area contributed by atoms with Crippen LogP contribution in [-0.2, 0) is 14.2 Å². The average molecular weight is 367 g/mol. The van der Waals surface area contributed by atoms with Gasteiger partial charge in [0.2, 0.25) is 6.29 Å². The quantitative estimate of drug-likeness (QED) is 0.209. The molecule has 0 aliphatic carbocycles. The summed E-state index contributed by atoms with van der Waals surface area (Å²) in [5, 5.41) is 67.7. The summed E-state index contributed by atoms with van der Waals surface area (Å²) >= 11 is 0. The van der Waals surface area contributed by atoms with Gasteiger partial charge in [0.1, 0.15) is 36.6 Å². The van der Waals surface area contributed by atoms with E-state index in [-0.39, 0.29) is 12.3 Å². The third kappa shape index (κ3) is 4.45. The molecule has 2 rings (SSSR count). The van der Waals surface area contributed by atoms with Gasteiger partial charge in [-0.2, -0.15) is 0 Å².